The molecule has 4 aromatic rings. The maximum absolute atomic E-state index is 13.3. The zero-order valence-electron chi connectivity index (χ0n) is 24.6. The molecule has 0 aliphatic carbocycles. The molecule has 3 aromatic heterocycles. The Hall–Kier alpha value is -3.37. The van der Waals surface area contributed by atoms with Crippen molar-refractivity contribution in [2.45, 2.75) is 78.9 Å². The second-order valence-electron chi connectivity index (χ2n) is 12.3. The van der Waals surface area contributed by atoms with Crippen LogP contribution in [-0.4, -0.2) is 49.3 Å². The lowest BCUT2D eigenvalue weighted by molar-refractivity contribution is -0.160. The fourth-order valence-corrected chi connectivity index (χ4v) is 6.24. The number of fused-ring (bicyclic) bond motifs is 1. The molecule has 1 fully saturated rings. The van der Waals surface area contributed by atoms with Gasteiger partial charge < -0.3 is 14.7 Å². The molecule has 10 heteroatoms. The average Bonchev–Trinajstić information content (AvgIpc) is 3.55. The molecule has 1 aromatic carbocycles. The number of aryl methyl sites for hydroxylation is 1. The number of carboxylic acid groups (broad SMARTS) is 1. The number of piperidine rings is 1. The van der Waals surface area contributed by atoms with Crippen LogP contribution in [0.4, 0.5) is 10.2 Å². The van der Waals surface area contributed by atoms with Crippen molar-refractivity contribution >= 4 is 28.8 Å². The first kappa shape index (κ1) is 29.1. The van der Waals surface area contributed by atoms with Gasteiger partial charge in [-0.05, 0) is 63.6 Å². The minimum Gasteiger partial charge on any atom is -0.479 e. The molecular formula is C31H38FN5O3S. The van der Waals surface area contributed by atoms with E-state index in [1.54, 1.807) is 16.6 Å². The number of nitrogens with zero attached hydrogens (tertiary/aromatic N) is 5. The zero-order chi connectivity index (χ0) is 29.5. The summed E-state index contributed by atoms with van der Waals surface area (Å²) in [5.74, 6) is -0.595. The van der Waals surface area contributed by atoms with Gasteiger partial charge in [0.1, 0.15) is 22.3 Å². The van der Waals surface area contributed by atoms with Gasteiger partial charge in [-0.2, -0.15) is 9.61 Å². The number of rotatable bonds is 8. The van der Waals surface area contributed by atoms with Gasteiger partial charge in [-0.3, -0.25) is 0 Å². The first-order valence-corrected chi connectivity index (χ1v) is 14.9. The van der Waals surface area contributed by atoms with E-state index in [2.05, 4.69) is 23.7 Å². The average molecular weight is 580 g/mol. The van der Waals surface area contributed by atoms with Crippen LogP contribution in [0.3, 0.4) is 0 Å². The molecule has 8 nitrogen and oxygen atoms in total. The quantitative estimate of drug-likeness (QED) is 0.244. The van der Waals surface area contributed by atoms with Crippen LogP contribution in [0, 0.1) is 18.2 Å². The van der Waals surface area contributed by atoms with Gasteiger partial charge in [0, 0.05) is 42.3 Å². The summed E-state index contributed by atoms with van der Waals surface area (Å²) in [4.78, 5) is 25.3. The highest BCUT2D eigenvalue weighted by molar-refractivity contribution is 7.15. The molecule has 5 rings (SSSR count). The number of halogens is 1. The Kier molecular flexibility index (Phi) is 7.91. The van der Waals surface area contributed by atoms with E-state index >= 15 is 0 Å². The van der Waals surface area contributed by atoms with E-state index in [1.807, 2.05) is 40.0 Å². The number of hydrogen-bond acceptors (Lipinski definition) is 7. The van der Waals surface area contributed by atoms with Crippen LogP contribution in [0.1, 0.15) is 81.7 Å². The predicted octanol–water partition coefficient (Wildman–Crippen LogP) is 6.85. The Morgan fingerprint density at radius 3 is 2.51 bits per heavy atom. The lowest BCUT2D eigenvalue weighted by Gasteiger charge is -2.41. The number of hydrogen-bond donors (Lipinski definition) is 1. The van der Waals surface area contributed by atoms with E-state index in [9.17, 15) is 14.3 Å². The molecule has 0 spiro atoms. The number of carbonyl (C=O) groups is 1. The molecule has 1 aliphatic heterocycles. The van der Waals surface area contributed by atoms with Crippen LogP contribution in [0.2, 0.25) is 0 Å². The van der Waals surface area contributed by atoms with E-state index in [1.165, 1.54) is 23.5 Å². The van der Waals surface area contributed by atoms with Crippen LogP contribution in [0.5, 0.6) is 0 Å². The fraction of sp³-hybridized carbons (Fsp3) is 0.484. The summed E-state index contributed by atoms with van der Waals surface area (Å²) in [5.41, 5.74) is 3.02. The van der Waals surface area contributed by atoms with Gasteiger partial charge in [0.25, 0.3) is 0 Å². The Bertz CT molecular complexity index is 1550. The Morgan fingerprint density at radius 2 is 1.90 bits per heavy atom. The maximum atomic E-state index is 13.3. The molecule has 41 heavy (non-hydrogen) atoms. The number of benzene rings is 1. The summed E-state index contributed by atoms with van der Waals surface area (Å²) in [5, 5.41) is 16.0. The molecule has 1 atom stereocenters. The highest BCUT2D eigenvalue weighted by Crippen LogP contribution is 2.40. The summed E-state index contributed by atoms with van der Waals surface area (Å²) in [7, 11) is 0. The van der Waals surface area contributed by atoms with E-state index in [0.717, 1.165) is 53.6 Å². The van der Waals surface area contributed by atoms with E-state index < -0.39 is 17.7 Å². The normalized spacial score (nSPS) is 16.3. The first-order chi connectivity index (χ1) is 19.4. The number of carboxylic acids is 1. The second kappa shape index (κ2) is 11.1. The summed E-state index contributed by atoms with van der Waals surface area (Å²) < 4.78 is 21.2. The monoisotopic (exact) mass is 579 g/mol. The Morgan fingerprint density at radius 1 is 1.22 bits per heavy atom. The molecule has 0 unspecified atom stereocenters. The van der Waals surface area contributed by atoms with Crippen molar-refractivity contribution in [1.82, 2.24) is 19.6 Å². The van der Waals surface area contributed by atoms with E-state index in [-0.39, 0.29) is 11.2 Å². The maximum Gasteiger partial charge on any atom is 0.337 e. The summed E-state index contributed by atoms with van der Waals surface area (Å²) in [6.45, 7) is 13.5. The lowest BCUT2D eigenvalue weighted by Crippen LogP contribution is -2.41. The molecular weight excluding hydrogens is 541 g/mol. The SMILES string of the molecule is CCC1(C)CCN(c2c([C@H](OC(C)(C)C)C(=O)O)c(C)nc3cc(-c4ncc(Cc5ccc(F)cc5)s4)nn23)CC1. The highest BCUT2D eigenvalue weighted by atomic mass is 32.1. The van der Waals surface area contributed by atoms with Crippen LogP contribution in [-0.2, 0) is 16.0 Å². The summed E-state index contributed by atoms with van der Waals surface area (Å²) in [6.07, 6.45) is 4.36. The van der Waals surface area contributed by atoms with Gasteiger partial charge in [0.2, 0.25) is 0 Å². The summed E-state index contributed by atoms with van der Waals surface area (Å²) >= 11 is 1.53. The lowest BCUT2D eigenvalue weighted by atomic mass is 9.78. The highest BCUT2D eigenvalue weighted by Gasteiger charge is 2.37. The van der Waals surface area contributed by atoms with Crippen molar-refractivity contribution in [3.05, 3.63) is 64.0 Å². The van der Waals surface area contributed by atoms with Gasteiger partial charge in [0.15, 0.2) is 11.8 Å². The molecule has 1 saturated heterocycles. The number of aromatic nitrogens is 4. The number of aliphatic carboxylic acids is 1. The second-order valence-corrected chi connectivity index (χ2v) is 13.4. The Balaban J connectivity index is 1.59. The predicted molar refractivity (Wildman–Crippen MR) is 159 cm³/mol. The van der Waals surface area contributed by atoms with Crippen LogP contribution >= 0.6 is 11.3 Å². The van der Waals surface area contributed by atoms with Crippen molar-refractivity contribution in [3.63, 3.8) is 0 Å². The van der Waals surface area contributed by atoms with Gasteiger partial charge in [0.05, 0.1) is 11.2 Å². The molecule has 0 amide bonds. The molecule has 0 radical (unpaired) electrons. The number of ether oxygens (including phenoxy) is 1. The summed E-state index contributed by atoms with van der Waals surface area (Å²) in [6, 6.07) is 8.39. The zero-order valence-corrected chi connectivity index (χ0v) is 25.4. The smallest absolute Gasteiger partial charge is 0.337 e. The molecule has 0 saturated carbocycles. The third kappa shape index (κ3) is 6.28. The molecule has 4 heterocycles. The van der Waals surface area contributed by atoms with E-state index in [4.69, 9.17) is 14.8 Å². The third-order valence-electron chi connectivity index (χ3n) is 7.95. The van der Waals surface area contributed by atoms with Crippen LogP contribution in [0.15, 0.2) is 36.5 Å². The van der Waals surface area contributed by atoms with Crippen LogP contribution in [0.25, 0.3) is 16.3 Å². The fourth-order valence-electron chi connectivity index (χ4n) is 5.34. The van der Waals surface area contributed by atoms with E-state index in [0.29, 0.717) is 29.0 Å². The van der Waals surface area contributed by atoms with Gasteiger partial charge in [-0.1, -0.05) is 32.4 Å². The minimum atomic E-state index is -1.20. The topological polar surface area (TPSA) is 92.8 Å². The van der Waals surface area contributed by atoms with Crippen molar-refractivity contribution in [1.29, 1.82) is 0 Å². The standard InChI is InChI=1S/C31H38FN5O3S/c1-7-31(6)12-14-36(15-13-31)28-25(26(29(38)39)40-30(3,4)5)19(2)34-24-17-23(35-37(24)28)27-33-18-22(41-27)16-20-8-10-21(32)11-9-20/h8-11,17-18,26H,7,12-16H2,1-6H3,(H,38,39)/t26-/m0/s1. The van der Waals surface area contributed by atoms with Gasteiger partial charge >= 0.3 is 5.97 Å². The minimum absolute atomic E-state index is 0.253. The molecule has 1 aliphatic rings. The Labute approximate surface area is 244 Å². The first-order valence-electron chi connectivity index (χ1n) is 14.1. The van der Waals surface area contributed by atoms with Crippen molar-refractivity contribution < 1.29 is 19.0 Å². The molecule has 1 N–H and O–H groups in total. The van der Waals surface area contributed by atoms with Crippen molar-refractivity contribution in [2.24, 2.45) is 5.41 Å². The van der Waals surface area contributed by atoms with Crippen molar-refractivity contribution in [3.8, 4) is 10.7 Å². The van der Waals surface area contributed by atoms with Gasteiger partial charge in [-0.15, -0.1) is 11.3 Å². The molecule has 218 valence electrons. The van der Waals surface area contributed by atoms with Gasteiger partial charge in [-0.25, -0.2) is 19.2 Å². The van der Waals surface area contributed by atoms with Crippen LogP contribution < -0.4 is 4.90 Å². The number of anilines is 1. The number of thiazole rings is 1. The van der Waals surface area contributed by atoms with Crippen molar-refractivity contribution in [2.75, 3.05) is 18.0 Å². The molecule has 0 bridgehead atoms. The third-order valence-corrected chi connectivity index (χ3v) is 8.97. The largest absolute Gasteiger partial charge is 0.479 e.